The van der Waals surface area contributed by atoms with Gasteiger partial charge in [0.25, 0.3) is 0 Å². The van der Waals surface area contributed by atoms with E-state index in [1.807, 2.05) is 20.8 Å². The molecule has 0 aliphatic carbocycles. The van der Waals surface area contributed by atoms with Gasteiger partial charge in [-0.05, 0) is 11.8 Å². The fourth-order valence-corrected chi connectivity index (χ4v) is 1.16. The van der Waals surface area contributed by atoms with Crippen LogP contribution in [0.3, 0.4) is 0 Å². The molecule has 0 aliphatic heterocycles. The van der Waals surface area contributed by atoms with Crippen LogP contribution in [0, 0.1) is 11.8 Å². The number of rotatable bonds is 6. The molecule has 16 heavy (non-hydrogen) atoms. The second-order valence-electron chi connectivity index (χ2n) is 4.43. The predicted octanol–water partition coefficient (Wildman–Crippen LogP) is 0.106. The van der Waals surface area contributed by atoms with Crippen LogP contribution in [-0.4, -0.2) is 24.6 Å². The highest BCUT2D eigenvalue weighted by molar-refractivity contribution is 5.81. The maximum absolute atomic E-state index is 11.4. The molecule has 0 aromatic rings. The summed E-state index contributed by atoms with van der Waals surface area (Å²) in [5.74, 6) is -1.06. The molecular weight excluding hydrogens is 208 g/mol. The van der Waals surface area contributed by atoms with Gasteiger partial charge in [0.15, 0.2) is 0 Å². The minimum atomic E-state index is -1.24. The zero-order valence-electron chi connectivity index (χ0n) is 10.4. The Morgan fingerprint density at radius 3 is 2.19 bits per heavy atom. The van der Waals surface area contributed by atoms with Gasteiger partial charge in [-0.15, -0.1) is 0 Å². The summed E-state index contributed by atoms with van der Waals surface area (Å²) in [6, 6.07) is -1.39. The van der Waals surface area contributed by atoms with Gasteiger partial charge in [-0.3, -0.25) is 0 Å². The van der Waals surface area contributed by atoms with Crippen molar-refractivity contribution in [2.45, 2.75) is 40.2 Å². The Morgan fingerprint density at radius 1 is 1.25 bits per heavy atom. The molecule has 0 bridgehead atoms. The highest BCUT2D eigenvalue weighted by Gasteiger charge is 2.19. The average Bonchev–Trinajstić information content (AvgIpc) is 2.21. The summed E-state index contributed by atoms with van der Waals surface area (Å²) in [6.45, 7) is 8.08. The van der Waals surface area contributed by atoms with E-state index in [0.29, 0.717) is 18.9 Å². The summed E-state index contributed by atoms with van der Waals surface area (Å²) in [7, 11) is 0. The van der Waals surface area contributed by atoms with E-state index in [2.05, 4.69) is 10.6 Å². The van der Waals surface area contributed by atoms with Crippen LogP contribution in [0.2, 0.25) is 0 Å². The lowest BCUT2D eigenvalue weighted by molar-refractivity contribution is -0.309. The average molecular weight is 229 g/mol. The zero-order valence-corrected chi connectivity index (χ0v) is 10.4. The smallest absolute Gasteiger partial charge is 0.315 e. The molecule has 0 aromatic heterocycles. The molecule has 2 amide bonds. The molecule has 0 unspecified atom stereocenters. The van der Waals surface area contributed by atoms with Gasteiger partial charge in [-0.25, -0.2) is 4.79 Å². The highest BCUT2D eigenvalue weighted by Crippen LogP contribution is 2.06. The van der Waals surface area contributed by atoms with Crippen molar-refractivity contribution in [3.05, 3.63) is 0 Å². The number of hydrogen-bond donors (Lipinski definition) is 2. The number of carboxylic acid groups (broad SMARTS) is 1. The molecule has 0 aromatic carbocycles. The van der Waals surface area contributed by atoms with Crippen molar-refractivity contribution < 1.29 is 14.7 Å². The largest absolute Gasteiger partial charge is 0.548 e. The van der Waals surface area contributed by atoms with E-state index in [-0.39, 0.29) is 5.92 Å². The Hall–Kier alpha value is -1.26. The summed E-state index contributed by atoms with van der Waals surface area (Å²) >= 11 is 0. The Bertz CT molecular complexity index is 241. The number of carbonyl (C=O) groups excluding carboxylic acids is 2. The normalized spacial score (nSPS) is 14.3. The lowest BCUT2D eigenvalue weighted by atomic mass is 9.99. The first kappa shape index (κ1) is 14.7. The van der Waals surface area contributed by atoms with Crippen molar-refractivity contribution >= 4 is 12.0 Å². The summed E-state index contributed by atoms with van der Waals surface area (Å²) in [6.07, 6.45) is 0.670. The molecule has 2 N–H and O–H groups in total. The van der Waals surface area contributed by atoms with E-state index in [9.17, 15) is 14.7 Å². The molecule has 0 radical (unpaired) electrons. The molecule has 5 heteroatoms. The summed E-state index contributed by atoms with van der Waals surface area (Å²) < 4.78 is 0. The molecule has 0 aliphatic rings. The third-order valence-electron chi connectivity index (χ3n) is 2.42. The van der Waals surface area contributed by atoms with Crippen LogP contribution in [0.25, 0.3) is 0 Å². The van der Waals surface area contributed by atoms with Crippen molar-refractivity contribution in [3.63, 3.8) is 0 Å². The third-order valence-corrected chi connectivity index (χ3v) is 2.42. The molecule has 94 valence electrons. The lowest BCUT2D eigenvalue weighted by Gasteiger charge is -2.25. The highest BCUT2D eigenvalue weighted by atomic mass is 16.4. The molecule has 0 spiro atoms. The number of hydrogen-bond acceptors (Lipinski definition) is 3. The van der Waals surface area contributed by atoms with E-state index in [1.165, 1.54) is 0 Å². The van der Waals surface area contributed by atoms with E-state index in [0.717, 1.165) is 0 Å². The third kappa shape index (κ3) is 5.58. The number of aliphatic carboxylic acids is 1. The molecule has 2 atom stereocenters. The second-order valence-corrected chi connectivity index (χ2v) is 4.43. The van der Waals surface area contributed by atoms with Gasteiger partial charge in [0.05, 0.1) is 12.0 Å². The maximum atomic E-state index is 11.4. The van der Waals surface area contributed by atoms with Gasteiger partial charge in [-0.2, -0.15) is 0 Å². The Kier molecular flexibility index (Phi) is 6.53. The van der Waals surface area contributed by atoms with Gasteiger partial charge in [-0.1, -0.05) is 34.1 Å². The summed E-state index contributed by atoms with van der Waals surface area (Å²) in [5.41, 5.74) is 0. The van der Waals surface area contributed by atoms with Crippen LogP contribution in [0.4, 0.5) is 4.79 Å². The monoisotopic (exact) mass is 229 g/mol. The molecule has 0 heterocycles. The maximum Gasteiger partial charge on any atom is 0.315 e. The minimum absolute atomic E-state index is 0.144. The van der Waals surface area contributed by atoms with E-state index in [1.54, 1.807) is 6.92 Å². The number of carbonyl (C=O) groups is 2. The van der Waals surface area contributed by atoms with Gasteiger partial charge in [0.1, 0.15) is 0 Å². The van der Waals surface area contributed by atoms with E-state index in [4.69, 9.17) is 0 Å². The SMILES string of the molecule is CC[C@@H](C)[C@H](NC(=O)NCC(C)C)C(=O)[O-]. The standard InChI is InChI=1S/C11H22N2O3/c1-5-8(4)9(10(14)15)13-11(16)12-6-7(2)3/h7-9H,5-6H2,1-4H3,(H,14,15)(H2,12,13,16)/p-1/t8-,9+/m1/s1. The van der Waals surface area contributed by atoms with Gasteiger partial charge < -0.3 is 20.5 Å². The van der Waals surface area contributed by atoms with Crippen LogP contribution >= 0.6 is 0 Å². The number of carboxylic acids is 1. The van der Waals surface area contributed by atoms with Crippen molar-refractivity contribution in [2.24, 2.45) is 11.8 Å². The number of amides is 2. The van der Waals surface area contributed by atoms with Crippen molar-refractivity contribution in [3.8, 4) is 0 Å². The fourth-order valence-electron chi connectivity index (χ4n) is 1.16. The van der Waals surface area contributed by atoms with Crippen LogP contribution in [0.15, 0.2) is 0 Å². The summed E-state index contributed by atoms with van der Waals surface area (Å²) in [5, 5.41) is 15.8. The molecule has 0 saturated carbocycles. The Balaban J connectivity index is 4.19. The number of urea groups is 1. The summed E-state index contributed by atoms with van der Waals surface area (Å²) in [4.78, 5) is 22.2. The van der Waals surface area contributed by atoms with Crippen molar-refractivity contribution in [2.75, 3.05) is 6.54 Å². The molecule has 5 nitrogen and oxygen atoms in total. The van der Waals surface area contributed by atoms with Crippen LogP contribution in [-0.2, 0) is 4.79 Å². The van der Waals surface area contributed by atoms with Gasteiger partial charge >= 0.3 is 6.03 Å². The first-order valence-electron chi connectivity index (χ1n) is 5.63. The molecule has 0 rings (SSSR count). The van der Waals surface area contributed by atoms with E-state index >= 15 is 0 Å². The van der Waals surface area contributed by atoms with Gasteiger partial charge in [0.2, 0.25) is 0 Å². The lowest BCUT2D eigenvalue weighted by Crippen LogP contribution is -2.54. The Labute approximate surface area is 96.6 Å². The van der Waals surface area contributed by atoms with Crippen LogP contribution in [0.1, 0.15) is 34.1 Å². The van der Waals surface area contributed by atoms with Crippen molar-refractivity contribution in [1.29, 1.82) is 0 Å². The van der Waals surface area contributed by atoms with E-state index < -0.39 is 18.0 Å². The first-order valence-corrected chi connectivity index (χ1v) is 5.63. The molecule has 0 saturated heterocycles. The quantitative estimate of drug-likeness (QED) is 0.678. The Morgan fingerprint density at radius 2 is 1.81 bits per heavy atom. The first-order chi connectivity index (χ1) is 7.38. The fraction of sp³-hybridized carbons (Fsp3) is 0.818. The predicted molar refractivity (Wildman–Crippen MR) is 59.6 cm³/mol. The van der Waals surface area contributed by atoms with Crippen molar-refractivity contribution in [1.82, 2.24) is 10.6 Å². The minimum Gasteiger partial charge on any atom is -0.548 e. The van der Waals surface area contributed by atoms with Crippen LogP contribution in [0.5, 0.6) is 0 Å². The number of nitrogens with one attached hydrogen (secondary N) is 2. The molecule has 0 fully saturated rings. The molecular formula is C11H21N2O3-. The zero-order chi connectivity index (χ0) is 12.7. The van der Waals surface area contributed by atoms with Crippen LogP contribution < -0.4 is 15.7 Å². The van der Waals surface area contributed by atoms with Gasteiger partial charge in [0, 0.05) is 6.54 Å². The second kappa shape index (κ2) is 7.09. The topological polar surface area (TPSA) is 81.3 Å².